The summed E-state index contributed by atoms with van der Waals surface area (Å²) in [5, 5.41) is 11.7. The van der Waals surface area contributed by atoms with Crippen LogP contribution in [-0.2, 0) is 22.7 Å². The maximum atomic E-state index is 13.2. The number of aryl methyl sites for hydroxylation is 1. The van der Waals surface area contributed by atoms with Gasteiger partial charge in [0.15, 0.2) is 7.14 Å². The van der Waals surface area contributed by atoms with Gasteiger partial charge in [0.1, 0.15) is 9.79 Å². The molecule has 0 saturated carbocycles. The van der Waals surface area contributed by atoms with E-state index in [0.29, 0.717) is 7.14 Å². The zero-order valence-corrected chi connectivity index (χ0v) is 23.0. The normalized spacial score (nSPS) is 11.8. The third kappa shape index (κ3) is 6.33. The molecule has 0 N–H and O–H groups in total. The molecule has 37 heavy (non-hydrogen) atoms. The van der Waals surface area contributed by atoms with E-state index in [-0.39, 0.29) is 4.90 Å². The predicted molar refractivity (Wildman–Crippen MR) is 131 cm³/mol. The molecule has 4 rings (SSSR count). The smallest absolute Gasteiger partial charge is 0.339 e. The van der Waals surface area contributed by atoms with Gasteiger partial charge in [-0.15, -0.1) is 0 Å². The Bertz CT molecular complexity index is 1590. The molecule has 0 fully saturated rings. The molecule has 0 spiro atoms. The van der Waals surface area contributed by atoms with Crippen molar-refractivity contribution in [3.8, 4) is 5.75 Å². The average Bonchev–Trinajstić information content (AvgIpc) is 2.88. The SMILES string of the molecule is Cc1ccc(S(=O)(=O)Oc2ccc(S(=O)(=O)O[I+](c3ccccc3)c3ccccc3)cc2[N+](=O)[O-])cc1. The molecule has 0 saturated heterocycles. The number of benzene rings is 4. The number of nitro groups is 1. The second-order valence-corrected chi connectivity index (χ2v) is 15.6. The summed E-state index contributed by atoms with van der Waals surface area (Å²) in [6.07, 6.45) is 0. The van der Waals surface area contributed by atoms with E-state index in [1.165, 1.54) is 12.1 Å². The van der Waals surface area contributed by atoms with Gasteiger partial charge < -0.3 is 4.18 Å². The van der Waals surface area contributed by atoms with Gasteiger partial charge in [-0.25, -0.2) is 0 Å². The molecule has 9 nitrogen and oxygen atoms in total. The first-order chi connectivity index (χ1) is 17.6. The summed E-state index contributed by atoms with van der Waals surface area (Å²) >= 11 is -2.99. The maximum absolute atomic E-state index is 13.2. The first-order valence-electron chi connectivity index (χ1n) is 10.6. The molecular weight excluding hydrogens is 633 g/mol. The number of nitro benzene ring substituents is 1. The molecule has 0 aliphatic carbocycles. The van der Waals surface area contributed by atoms with Crippen LogP contribution in [0.1, 0.15) is 5.56 Å². The lowest BCUT2D eigenvalue weighted by Gasteiger charge is -2.09. The standard InChI is InChI=1S/C25H20INO8S2/c1-19-12-14-22(15-13-19)36(30,31)34-25-17-16-23(18-24(25)27(28)29)37(32,33)35-26(20-8-4-2-5-9-20)21-10-6-3-7-11-21/h2-18H,1H3/q+1. The van der Waals surface area contributed by atoms with Crippen LogP contribution in [0.5, 0.6) is 5.75 Å². The molecule has 0 aliphatic rings. The Morgan fingerprint density at radius 2 is 1.22 bits per heavy atom. The van der Waals surface area contributed by atoms with Crippen molar-refractivity contribution < 1.29 is 48.7 Å². The van der Waals surface area contributed by atoms with E-state index >= 15 is 0 Å². The van der Waals surface area contributed by atoms with Crippen LogP contribution >= 0.6 is 0 Å². The Morgan fingerprint density at radius 1 is 0.703 bits per heavy atom. The lowest BCUT2D eigenvalue weighted by molar-refractivity contribution is -1.03. The Kier molecular flexibility index (Phi) is 7.92. The third-order valence-corrected chi connectivity index (χ3v) is 13.5. The lowest BCUT2D eigenvalue weighted by Crippen LogP contribution is -3.85. The summed E-state index contributed by atoms with van der Waals surface area (Å²) in [6, 6.07) is 26.1. The molecule has 0 aliphatic heterocycles. The molecule has 0 unspecified atom stereocenters. The molecule has 0 amide bonds. The highest BCUT2D eigenvalue weighted by atomic mass is 127. The first kappa shape index (κ1) is 26.7. The fourth-order valence-electron chi connectivity index (χ4n) is 3.11. The van der Waals surface area contributed by atoms with E-state index in [1.807, 2.05) is 0 Å². The quantitative estimate of drug-likeness (QED) is 0.116. The highest BCUT2D eigenvalue weighted by Gasteiger charge is 2.38. The van der Waals surface area contributed by atoms with Crippen LogP contribution in [0.3, 0.4) is 0 Å². The van der Waals surface area contributed by atoms with Crippen molar-refractivity contribution in [2.24, 2.45) is 0 Å². The van der Waals surface area contributed by atoms with Crippen molar-refractivity contribution >= 4 is 25.9 Å². The van der Waals surface area contributed by atoms with Crippen LogP contribution in [0.4, 0.5) is 5.69 Å². The summed E-state index contributed by atoms with van der Waals surface area (Å²) in [5.74, 6) is -0.619. The minimum atomic E-state index is -4.47. The van der Waals surface area contributed by atoms with E-state index < -0.39 is 61.7 Å². The largest absolute Gasteiger partial charge is 0.372 e. The van der Waals surface area contributed by atoms with Crippen molar-refractivity contribution in [3.05, 3.63) is 126 Å². The predicted octanol–water partition coefficient (Wildman–Crippen LogP) is 1.66. The maximum Gasteiger partial charge on any atom is 0.339 e. The van der Waals surface area contributed by atoms with Crippen molar-refractivity contribution in [2.75, 3.05) is 0 Å². The highest BCUT2D eigenvalue weighted by molar-refractivity contribution is 7.87. The Labute approximate surface area is 222 Å². The van der Waals surface area contributed by atoms with Gasteiger partial charge in [-0.1, -0.05) is 54.1 Å². The van der Waals surface area contributed by atoms with Gasteiger partial charge in [-0.2, -0.15) is 16.8 Å². The van der Waals surface area contributed by atoms with Crippen LogP contribution in [0, 0.1) is 24.2 Å². The topological polar surface area (TPSA) is 130 Å². The number of hydrogen-bond donors (Lipinski definition) is 0. The van der Waals surface area contributed by atoms with Gasteiger partial charge in [0.2, 0.25) is 5.75 Å². The van der Waals surface area contributed by atoms with Crippen LogP contribution in [0.25, 0.3) is 0 Å². The zero-order valence-electron chi connectivity index (χ0n) is 19.2. The first-order valence-corrected chi connectivity index (χ1v) is 16.5. The van der Waals surface area contributed by atoms with Gasteiger partial charge in [-0.05, 0) is 58.0 Å². The highest BCUT2D eigenvalue weighted by Crippen LogP contribution is 2.32. The summed E-state index contributed by atoms with van der Waals surface area (Å²) in [5.41, 5.74) is -0.0204. The summed E-state index contributed by atoms with van der Waals surface area (Å²) in [7, 11) is -8.87. The average molecular weight is 653 g/mol. The number of rotatable bonds is 9. The number of nitrogens with zero attached hydrogens (tertiary/aromatic N) is 1. The molecule has 4 aromatic rings. The number of halogens is 1. The molecule has 191 valence electrons. The molecule has 0 atom stereocenters. The third-order valence-electron chi connectivity index (χ3n) is 4.93. The van der Waals surface area contributed by atoms with Gasteiger partial charge >= 0.3 is 46.2 Å². The van der Waals surface area contributed by atoms with Crippen LogP contribution in [-0.4, -0.2) is 21.8 Å². The van der Waals surface area contributed by atoms with E-state index in [4.69, 9.17) is 6.70 Å². The Hall–Kier alpha value is -3.33. The molecule has 4 aromatic carbocycles. The van der Waals surface area contributed by atoms with Crippen LogP contribution in [0.2, 0.25) is 0 Å². The minimum Gasteiger partial charge on any atom is -0.372 e. The van der Waals surface area contributed by atoms with E-state index in [9.17, 15) is 26.9 Å². The fraction of sp³-hybridized carbons (Fsp3) is 0.0400. The van der Waals surface area contributed by atoms with Gasteiger partial charge in [0, 0.05) is 6.07 Å². The summed E-state index contributed by atoms with van der Waals surface area (Å²) in [4.78, 5) is 10.1. The lowest BCUT2D eigenvalue weighted by atomic mass is 10.2. The molecule has 0 bridgehead atoms. The minimum absolute atomic E-state index is 0.201. The molecule has 12 heteroatoms. The molecular formula is C25H20INO8S2+. The van der Waals surface area contributed by atoms with Gasteiger partial charge in [0.05, 0.1) is 4.92 Å². The van der Waals surface area contributed by atoms with E-state index in [1.54, 1.807) is 79.7 Å². The van der Waals surface area contributed by atoms with Crippen molar-refractivity contribution in [3.63, 3.8) is 0 Å². The Morgan fingerprint density at radius 3 is 1.73 bits per heavy atom. The van der Waals surface area contributed by atoms with Crippen molar-refractivity contribution in [2.45, 2.75) is 16.7 Å². The molecule has 0 aromatic heterocycles. The van der Waals surface area contributed by atoms with Gasteiger partial charge in [-0.3, -0.25) is 10.1 Å². The summed E-state index contributed by atoms with van der Waals surface area (Å²) < 4.78 is 63.9. The second-order valence-electron chi connectivity index (χ2n) is 7.59. The number of hydrogen-bond acceptors (Lipinski definition) is 8. The molecule has 1 radical (unpaired) electrons. The van der Waals surface area contributed by atoms with Crippen molar-refractivity contribution in [1.82, 2.24) is 0 Å². The van der Waals surface area contributed by atoms with Crippen LogP contribution < -0.4 is 24.4 Å². The fourth-order valence-corrected chi connectivity index (χ4v) is 11.1. The zero-order chi connectivity index (χ0) is 26.6. The monoisotopic (exact) mass is 653 g/mol. The van der Waals surface area contributed by atoms with Crippen molar-refractivity contribution in [1.29, 1.82) is 0 Å². The van der Waals surface area contributed by atoms with E-state index in [0.717, 1.165) is 23.8 Å². The van der Waals surface area contributed by atoms with Crippen LogP contribution in [0.15, 0.2) is 113 Å². The molecule has 0 heterocycles. The second kappa shape index (κ2) is 11.0. The Balaban J connectivity index is 1.69. The van der Waals surface area contributed by atoms with E-state index in [2.05, 4.69) is 0 Å². The summed E-state index contributed by atoms with van der Waals surface area (Å²) in [6.45, 7) is 1.77. The van der Waals surface area contributed by atoms with Gasteiger partial charge in [0.25, 0.3) is 0 Å².